The number of hydrogen-bond donors (Lipinski definition) is 2. The van der Waals surface area contributed by atoms with Gasteiger partial charge < -0.3 is 5.73 Å². The molecule has 1 saturated carbocycles. The van der Waals surface area contributed by atoms with Crippen LogP contribution in [0.15, 0.2) is 0 Å². The molecule has 0 bridgehead atoms. The number of nitrogens with zero attached hydrogens (tertiary/aromatic N) is 2. The number of nitrogens with two attached hydrogens (primary N) is 1. The molecule has 112 valence electrons. The first-order valence-corrected chi connectivity index (χ1v) is 7.72. The second-order valence-electron chi connectivity index (χ2n) is 6.34. The van der Waals surface area contributed by atoms with Crippen LogP contribution in [0.1, 0.15) is 39.5 Å². The van der Waals surface area contributed by atoms with Crippen LogP contribution in [-0.4, -0.2) is 42.0 Å². The Balaban J connectivity index is 2.08. The van der Waals surface area contributed by atoms with Crippen LogP contribution in [0, 0.1) is 23.2 Å². The zero-order chi connectivity index (χ0) is 14.8. The number of piperidine rings is 1. The van der Waals surface area contributed by atoms with Crippen molar-refractivity contribution in [2.45, 2.75) is 51.1 Å². The van der Waals surface area contributed by atoms with Crippen LogP contribution >= 0.6 is 0 Å². The van der Waals surface area contributed by atoms with E-state index in [-0.39, 0.29) is 11.8 Å². The lowest BCUT2D eigenvalue weighted by molar-refractivity contribution is -0.124. The maximum Gasteiger partial charge on any atom is 0.221 e. The van der Waals surface area contributed by atoms with Crippen molar-refractivity contribution in [3.05, 3.63) is 0 Å². The van der Waals surface area contributed by atoms with E-state index in [4.69, 9.17) is 5.73 Å². The molecule has 3 unspecified atom stereocenters. The van der Waals surface area contributed by atoms with E-state index in [1.807, 2.05) is 6.92 Å². The summed E-state index contributed by atoms with van der Waals surface area (Å²) >= 11 is 0. The summed E-state index contributed by atoms with van der Waals surface area (Å²) in [5.74, 6) is 0.177. The van der Waals surface area contributed by atoms with Gasteiger partial charge in [-0.25, -0.2) is 0 Å². The first-order valence-electron chi connectivity index (χ1n) is 7.72. The number of amides is 1. The predicted molar refractivity (Wildman–Crippen MR) is 77.7 cm³/mol. The molecule has 0 aromatic heterocycles. The van der Waals surface area contributed by atoms with Crippen LogP contribution in [0.2, 0.25) is 0 Å². The van der Waals surface area contributed by atoms with Gasteiger partial charge in [0, 0.05) is 19.1 Å². The van der Waals surface area contributed by atoms with Gasteiger partial charge in [0.1, 0.15) is 5.54 Å². The molecule has 0 spiro atoms. The second kappa shape index (κ2) is 6.11. The van der Waals surface area contributed by atoms with E-state index in [1.165, 1.54) is 0 Å². The fourth-order valence-corrected chi connectivity index (χ4v) is 3.34. The SMILES string of the molecule is CCNC(C#N)(CN1CC(C(N)=O)CCC1C)C1CC1. The van der Waals surface area contributed by atoms with Gasteiger partial charge in [0.15, 0.2) is 0 Å². The fourth-order valence-electron chi connectivity index (χ4n) is 3.34. The number of carbonyl (C=O) groups is 1. The van der Waals surface area contributed by atoms with E-state index in [9.17, 15) is 10.1 Å². The summed E-state index contributed by atoms with van der Waals surface area (Å²) < 4.78 is 0. The zero-order valence-corrected chi connectivity index (χ0v) is 12.6. The first-order chi connectivity index (χ1) is 9.52. The third-order valence-electron chi connectivity index (χ3n) is 4.83. The molecule has 3 N–H and O–H groups in total. The van der Waals surface area contributed by atoms with Crippen molar-refractivity contribution < 1.29 is 4.79 Å². The average molecular weight is 278 g/mol. The average Bonchev–Trinajstić information content (AvgIpc) is 3.25. The van der Waals surface area contributed by atoms with Gasteiger partial charge >= 0.3 is 0 Å². The number of primary amides is 1. The van der Waals surface area contributed by atoms with Crippen LogP contribution in [0.25, 0.3) is 0 Å². The molecule has 1 aliphatic carbocycles. The molecule has 2 fully saturated rings. The highest BCUT2D eigenvalue weighted by molar-refractivity contribution is 5.77. The van der Waals surface area contributed by atoms with Crippen LogP contribution in [0.5, 0.6) is 0 Å². The van der Waals surface area contributed by atoms with E-state index in [0.29, 0.717) is 25.0 Å². The van der Waals surface area contributed by atoms with Crippen molar-refractivity contribution in [2.75, 3.05) is 19.6 Å². The Morgan fingerprint density at radius 3 is 2.65 bits per heavy atom. The summed E-state index contributed by atoms with van der Waals surface area (Å²) in [5, 5.41) is 13.1. The molecule has 0 radical (unpaired) electrons. The van der Waals surface area contributed by atoms with E-state index in [2.05, 4.69) is 23.2 Å². The summed E-state index contributed by atoms with van der Waals surface area (Å²) in [6.45, 7) is 6.41. The molecular weight excluding hydrogens is 252 g/mol. The Morgan fingerprint density at radius 1 is 1.45 bits per heavy atom. The Morgan fingerprint density at radius 2 is 2.15 bits per heavy atom. The summed E-state index contributed by atoms with van der Waals surface area (Å²) in [5.41, 5.74) is 5.00. The summed E-state index contributed by atoms with van der Waals surface area (Å²) in [7, 11) is 0. The van der Waals surface area contributed by atoms with Crippen molar-refractivity contribution in [3.63, 3.8) is 0 Å². The van der Waals surface area contributed by atoms with Crippen molar-refractivity contribution >= 4 is 5.91 Å². The second-order valence-corrected chi connectivity index (χ2v) is 6.34. The van der Waals surface area contributed by atoms with Crippen molar-refractivity contribution in [2.24, 2.45) is 17.6 Å². The van der Waals surface area contributed by atoms with Gasteiger partial charge in [-0.05, 0) is 45.1 Å². The molecule has 0 aromatic rings. The number of hydrogen-bond acceptors (Lipinski definition) is 4. The lowest BCUT2D eigenvalue weighted by Gasteiger charge is -2.41. The minimum Gasteiger partial charge on any atom is -0.369 e. The Hall–Kier alpha value is -1.12. The maximum absolute atomic E-state index is 11.4. The first kappa shape index (κ1) is 15.3. The highest BCUT2D eigenvalue weighted by atomic mass is 16.1. The Bertz CT molecular complexity index is 401. The van der Waals surface area contributed by atoms with E-state index in [0.717, 1.165) is 32.2 Å². The highest BCUT2D eigenvalue weighted by Gasteiger charge is 2.47. The minimum absolute atomic E-state index is 0.0663. The third-order valence-corrected chi connectivity index (χ3v) is 4.83. The van der Waals surface area contributed by atoms with Gasteiger partial charge in [-0.3, -0.25) is 15.0 Å². The molecular formula is C15H26N4O. The molecule has 2 rings (SSSR count). The summed E-state index contributed by atoms with van der Waals surface area (Å²) in [6, 6.07) is 2.93. The Labute approximate surface area is 121 Å². The number of likely N-dealkylation sites (N-methyl/N-ethyl adjacent to an activating group) is 1. The largest absolute Gasteiger partial charge is 0.369 e. The monoisotopic (exact) mass is 278 g/mol. The summed E-state index contributed by atoms with van der Waals surface area (Å²) in [4.78, 5) is 13.7. The quantitative estimate of drug-likeness (QED) is 0.755. The van der Waals surface area contributed by atoms with Gasteiger partial charge in [-0.2, -0.15) is 5.26 Å². The van der Waals surface area contributed by atoms with Gasteiger partial charge in [0.05, 0.1) is 12.0 Å². The molecule has 1 heterocycles. The Kier molecular flexibility index (Phi) is 4.66. The number of rotatable bonds is 6. The molecule has 0 aromatic carbocycles. The molecule has 3 atom stereocenters. The molecule has 2 aliphatic rings. The lowest BCUT2D eigenvalue weighted by Crippen LogP contribution is -2.58. The van der Waals surface area contributed by atoms with Crippen molar-refractivity contribution in [1.29, 1.82) is 5.26 Å². The molecule has 1 amide bonds. The van der Waals surface area contributed by atoms with Crippen molar-refractivity contribution in [3.8, 4) is 6.07 Å². The van der Waals surface area contributed by atoms with Gasteiger partial charge in [-0.15, -0.1) is 0 Å². The summed E-state index contributed by atoms with van der Waals surface area (Å²) in [6.07, 6.45) is 4.10. The van der Waals surface area contributed by atoms with E-state index < -0.39 is 5.54 Å². The fraction of sp³-hybridized carbons (Fsp3) is 0.867. The predicted octanol–water partition coefficient (Wildman–Crippen LogP) is 0.854. The third kappa shape index (κ3) is 3.13. The van der Waals surface area contributed by atoms with E-state index >= 15 is 0 Å². The van der Waals surface area contributed by atoms with Crippen molar-refractivity contribution in [1.82, 2.24) is 10.2 Å². The standard InChI is InChI=1S/C15H26N4O/c1-3-18-15(9-16,13-6-7-13)10-19-8-12(14(17)20)5-4-11(19)2/h11-13,18H,3-8,10H2,1-2H3,(H2,17,20). The van der Waals surface area contributed by atoms with Crippen LogP contribution < -0.4 is 11.1 Å². The van der Waals surface area contributed by atoms with Crippen LogP contribution in [0.3, 0.4) is 0 Å². The highest BCUT2D eigenvalue weighted by Crippen LogP contribution is 2.40. The van der Waals surface area contributed by atoms with Gasteiger partial charge in [0.25, 0.3) is 0 Å². The maximum atomic E-state index is 11.4. The number of nitrogens with one attached hydrogen (secondary N) is 1. The lowest BCUT2D eigenvalue weighted by atomic mass is 9.88. The minimum atomic E-state index is -0.456. The topological polar surface area (TPSA) is 82.2 Å². The normalized spacial score (nSPS) is 30.4. The number of likely N-dealkylation sites (tertiary alicyclic amines) is 1. The number of nitriles is 1. The van der Waals surface area contributed by atoms with Crippen LogP contribution in [0.4, 0.5) is 0 Å². The zero-order valence-electron chi connectivity index (χ0n) is 12.6. The van der Waals surface area contributed by atoms with E-state index in [1.54, 1.807) is 0 Å². The molecule has 20 heavy (non-hydrogen) atoms. The van der Waals surface area contributed by atoms with Gasteiger partial charge in [0.2, 0.25) is 5.91 Å². The molecule has 1 saturated heterocycles. The molecule has 1 aliphatic heterocycles. The van der Waals surface area contributed by atoms with Crippen LogP contribution in [-0.2, 0) is 4.79 Å². The molecule has 5 heteroatoms. The number of carbonyl (C=O) groups excluding carboxylic acids is 1. The van der Waals surface area contributed by atoms with Gasteiger partial charge in [-0.1, -0.05) is 6.92 Å². The smallest absolute Gasteiger partial charge is 0.221 e. The molecule has 5 nitrogen and oxygen atoms in total.